The Morgan fingerprint density at radius 1 is 1.28 bits per heavy atom. The maximum atomic E-state index is 11.7. The molecule has 0 fully saturated rings. The largest absolute Gasteiger partial charge is 0.449 e. The first-order valence-electron chi connectivity index (χ1n) is 4.99. The number of halogens is 2. The van der Waals surface area contributed by atoms with Crippen LogP contribution in [0.25, 0.3) is 0 Å². The van der Waals surface area contributed by atoms with Crippen molar-refractivity contribution >= 4 is 46.3 Å². The number of amides is 1. The molecule has 0 spiro atoms. The second-order valence-electron chi connectivity index (χ2n) is 3.35. The number of benzene rings is 1. The van der Waals surface area contributed by atoms with Crippen molar-refractivity contribution in [3.8, 4) is 0 Å². The van der Waals surface area contributed by atoms with E-state index in [1.54, 1.807) is 30.3 Å². The van der Waals surface area contributed by atoms with Gasteiger partial charge in [0.25, 0.3) is 5.91 Å². The van der Waals surface area contributed by atoms with Gasteiger partial charge in [-0.05, 0) is 59.0 Å². The van der Waals surface area contributed by atoms with Gasteiger partial charge in [-0.25, -0.2) is 5.43 Å². The summed E-state index contributed by atoms with van der Waals surface area (Å²) in [6.07, 6.45) is 1.44. The summed E-state index contributed by atoms with van der Waals surface area (Å²) in [5.41, 5.74) is 2.89. The van der Waals surface area contributed by atoms with Crippen molar-refractivity contribution in [1.29, 1.82) is 0 Å². The Hall–Kier alpha value is -1.34. The number of furan rings is 1. The molecule has 0 aliphatic rings. The van der Waals surface area contributed by atoms with Gasteiger partial charge in [-0.1, -0.05) is 11.6 Å². The Balaban J connectivity index is 1.96. The number of carbonyl (C=O) groups excluding carboxylic acids is 1. The Bertz CT molecular complexity index is 578. The molecule has 4 nitrogen and oxygen atoms in total. The monoisotopic (exact) mass is 374 g/mol. The molecule has 0 bridgehead atoms. The number of carbonyl (C=O) groups is 1. The molecular weight excluding hydrogens is 367 g/mol. The lowest BCUT2D eigenvalue weighted by atomic mass is 10.2. The Kier molecular flexibility index (Phi) is 4.38. The highest BCUT2D eigenvalue weighted by Crippen LogP contribution is 2.09. The van der Waals surface area contributed by atoms with Crippen molar-refractivity contribution in [2.24, 2.45) is 5.10 Å². The Morgan fingerprint density at radius 3 is 2.61 bits per heavy atom. The fraction of sp³-hybridized carbons (Fsp3) is 0. The van der Waals surface area contributed by atoms with Gasteiger partial charge in [0.15, 0.2) is 3.77 Å². The van der Waals surface area contributed by atoms with E-state index in [1.165, 1.54) is 6.21 Å². The summed E-state index contributed by atoms with van der Waals surface area (Å²) in [6, 6.07) is 10.1. The van der Waals surface area contributed by atoms with E-state index in [0.29, 0.717) is 16.3 Å². The summed E-state index contributed by atoms with van der Waals surface area (Å²) in [4.78, 5) is 11.7. The molecular formula is C12H8ClIN2O2. The minimum Gasteiger partial charge on any atom is -0.449 e. The quantitative estimate of drug-likeness (QED) is 0.509. The van der Waals surface area contributed by atoms with Crippen molar-refractivity contribution in [2.45, 2.75) is 0 Å². The minimum absolute atomic E-state index is 0.302. The fourth-order valence-electron chi connectivity index (χ4n) is 1.22. The average molecular weight is 375 g/mol. The molecule has 1 heterocycles. The summed E-state index contributed by atoms with van der Waals surface area (Å²) in [6.45, 7) is 0. The molecule has 2 rings (SSSR count). The minimum atomic E-state index is -0.302. The van der Waals surface area contributed by atoms with Crippen LogP contribution in [0.15, 0.2) is 45.9 Å². The van der Waals surface area contributed by atoms with E-state index in [0.717, 1.165) is 3.77 Å². The fourth-order valence-corrected chi connectivity index (χ4v) is 1.78. The first-order chi connectivity index (χ1) is 8.65. The van der Waals surface area contributed by atoms with Crippen molar-refractivity contribution < 1.29 is 9.21 Å². The normalized spacial score (nSPS) is 10.8. The van der Waals surface area contributed by atoms with Crippen molar-refractivity contribution in [3.63, 3.8) is 0 Å². The van der Waals surface area contributed by atoms with E-state index in [1.807, 2.05) is 28.7 Å². The van der Waals surface area contributed by atoms with Crippen molar-refractivity contribution in [2.75, 3.05) is 0 Å². The van der Waals surface area contributed by atoms with Crippen LogP contribution in [0.2, 0.25) is 5.02 Å². The first-order valence-corrected chi connectivity index (χ1v) is 6.45. The molecule has 0 unspecified atom stereocenters. The van der Waals surface area contributed by atoms with Crippen LogP contribution in [0.3, 0.4) is 0 Å². The molecule has 0 radical (unpaired) electrons. The highest BCUT2D eigenvalue weighted by Gasteiger charge is 2.03. The van der Waals surface area contributed by atoms with E-state index < -0.39 is 0 Å². The van der Waals surface area contributed by atoms with Crippen LogP contribution < -0.4 is 5.43 Å². The van der Waals surface area contributed by atoms with Crippen LogP contribution in [0.4, 0.5) is 0 Å². The third kappa shape index (κ3) is 3.58. The van der Waals surface area contributed by atoms with Crippen LogP contribution in [-0.4, -0.2) is 12.1 Å². The lowest BCUT2D eigenvalue weighted by molar-refractivity contribution is 0.0955. The third-order valence-electron chi connectivity index (χ3n) is 2.06. The van der Waals surface area contributed by atoms with E-state index in [-0.39, 0.29) is 5.91 Å². The number of hydrazone groups is 1. The molecule has 1 N–H and O–H groups in total. The third-order valence-corrected chi connectivity index (χ3v) is 2.89. The second kappa shape index (κ2) is 6.01. The number of hydrogen-bond acceptors (Lipinski definition) is 3. The van der Waals surface area contributed by atoms with Crippen LogP contribution in [0.5, 0.6) is 0 Å². The maximum absolute atomic E-state index is 11.7. The van der Waals surface area contributed by atoms with Gasteiger partial charge in [-0.2, -0.15) is 5.10 Å². The standard InChI is InChI=1S/C12H8ClIN2O2/c13-9-3-1-8(2-4-9)12(17)16-15-7-10-5-6-11(14)18-10/h1-7H,(H,16,17)/b15-7-. The van der Waals surface area contributed by atoms with Crippen LogP contribution in [-0.2, 0) is 0 Å². The predicted molar refractivity (Wildman–Crippen MR) is 77.9 cm³/mol. The molecule has 6 heteroatoms. The molecule has 0 atom stereocenters. The van der Waals surface area contributed by atoms with Crippen molar-refractivity contribution in [3.05, 3.63) is 56.5 Å². The number of nitrogens with one attached hydrogen (secondary N) is 1. The second-order valence-corrected chi connectivity index (χ2v) is 4.85. The lowest BCUT2D eigenvalue weighted by Crippen LogP contribution is -2.17. The Morgan fingerprint density at radius 2 is 2.00 bits per heavy atom. The molecule has 92 valence electrons. The highest BCUT2D eigenvalue weighted by molar-refractivity contribution is 14.1. The summed E-state index contributed by atoms with van der Waals surface area (Å²) in [5.74, 6) is 0.278. The van der Waals surface area contributed by atoms with Gasteiger partial charge in [0, 0.05) is 10.6 Å². The van der Waals surface area contributed by atoms with E-state index in [9.17, 15) is 4.79 Å². The van der Waals surface area contributed by atoms with Crippen molar-refractivity contribution in [1.82, 2.24) is 5.43 Å². The maximum Gasteiger partial charge on any atom is 0.271 e. The summed E-state index contributed by atoms with van der Waals surface area (Å²) >= 11 is 7.78. The van der Waals surface area contributed by atoms with Gasteiger partial charge < -0.3 is 4.42 Å². The number of nitrogens with zero attached hydrogens (tertiary/aromatic N) is 1. The van der Waals surface area contributed by atoms with Crippen LogP contribution >= 0.6 is 34.2 Å². The molecule has 1 amide bonds. The lowest BCUT2D eigenvalue weighted by Gasteiger charge is -1.98. The predicted octanol–water partition coefficient (Wildman–Crippen LogP) is 3.30. The van der Waals surface area contributed by atoms with Gasteiger partial charge in [0.2, 0.25) is 0 Å². The molecule has 0 aliphatic carbocycles. The van der Waals surface area contributed by atoms with Crippen LogP contribution in [0, 0.1) is 3.77 Å². The summed E-state index contributed by atoms with van der Waals surface area (Å²) < 4.78 is 6.02. The summed E-state index contributed by atoms with van der Waals surface area (Å²) in [5, 5.41) is 4.38. The molecule has 2 aromatic rings. The topological polar surface area (TPSA) is 54.6 Å². The zero-order valence-corrected chi connectivity index (χ0v) is 12.0. The zero-order chi connectivity index (χ0) is 13.0. The van der Waals surface area contributed by atoms with E-state index >= 15 is 0 Å². The number of rotatable bonds is 3. The SMILES string of the molecule is O=C(N/N=C\c1ccc(I)o1)c1ccc(Cl)cc1. The Labute approximate surface area is 122 Å². The van der Waals surface area contributed by atoms with Gasteiger partial charge >= 0.3 is 0 Å². The van der Waals surface area contributed by atoms with Gasteiger partial charge in [0.05, 0.1) is 6.21 Å². The van der Waals surface area contributed by atoms with Crippen LogP contribution in [0.1, 0.15) is 16.1 Å². The molecule has 1 aromatic heterocycles. The van der Waals surface area contributed by atoms with Gasteiger partial charge in [-0.15, -0.1) is 0 Å². The van der Waals surface area contributed by atoms with Gasteiger partial charge in [0.1, 0.15) is 5.76 Å². The average Bonchev–Trinajstić information content (AvgIpc) is 2.76. The van der Waals surface area contributed by atoms with E-state index in [4.69, 9.17) is 16.0 Å². The zero-order valence-electron chi connectivity index (χ0n) is 9.06. The molecule has 18 heavy (non-hydrogen) atoms. The molecule has 0 saturated heterocycles. The molecule has 0 saturated carbocycles. The first kappa shape index (κ1) is 13.1. The smallest absolute Gasteiger partial charge is 0.271 e. The molecule has 1 aromatic carbocycles. The molecule has 0 aliphatic heterocycles. The van der Waals surface area contributed by atoms with Gasteiger partial charge in [-0.3, -0.25) is 4.79 Å². The van der Waals surface area contributed by atoms with E-state index in [2.05, 4.69) is 10.5 Å². The highest BCUT2D eigenvalue weighted by atomic mass is 127. The number of hydrogen-bond donors (Lipinski definition) is 1. The summed E-state index contributed by atoms with van der Waals surface area (Å²) in [7, 11) is 0.